The molecule has 1 aromatic heterocycles. The van der Waals surface area contributed by atoms with Crippen LogP contribution in [0.1, 0.15) is 30.9 Å². The number of nitrogens with zero attached hydrogens (tertiary/aromatic N) is 4. The number of tetrazole rings is 1. The Balaban J connectivity index is 1.42. The second kappa shape index (κ2) is 6.84. The van der Waals surface area contributed by atoms with Crippen molar-refractivity contribution in [3.63, 3.8) is 0 Å². The fraction of sp³-hybridized carbons (Fsp3) is 0.263. The van der Waals surface area contributed by atoms with Crippen LogP contribution < -0.4 is 5.32 Å². The lowest BCUT2D eigenvalue weighted by molar-refractivity contribution is -0.116. The molecule has 0 spiro atoms. The number of anilines is 1. The van der Waals surface area contributed by atoms with Crippen LogP contribution in [0, 0.1) is 0 Å². The number of hydrogen-bond donors (Lipinski definition) is 1. The van der Waals surface area contributed by atoms with Gasteiger partial charge in [-0.1, -0.05) is 42.5 Å². The van der Waals surface area contributed by atoms with Gasteiger partial charge in [0, 0.05) is 17.7 Å². The summed E-state index contributed by atoms with van der Waals surface area (Å²) in [5.41, 5.74) is 2.84. The second-order valence-electron chi connectivity index (χ2n) is 6.29. The zero-order valence-electron chi connectivity index (χ0n) is 13.8. The molecule has 1 aliphatic carbocycles. The molecule has 1 fully saturated rings. The van der Waals surface area contributed by atoms with Gasteiger partial charge in [0.25, 0.3) is 0 Å². The lowest BCUT2D eigenvalue weighted by atomic mass is 10.1. The maximum Gasteiger partial charge on any atom is 0.224 e. The van der Waals surface area contributed by atoms with E-state index in [1.807, 2.05) is 59.3 Å². The molecule has 0 aliphatic heterocycles. The number of nitrogens with one attached hydrogen (secondary N) is 1. The Kier molecular flexibility index (Phi) is 4.24. The Labute approximate surface area is 145 Å². The number of amides is 1. The van der Waals surface area contributed by atoms with E-state index in [0.717, 1.165) is 41.9 Å². The van der Waals surface area contributed by atoms with Crippen molar-refractivity contribution in [2.24, 2.45) is 0 Å². The van der Waals surface area contributed by atoms with Gasteiger partial charge in [-0.05, 0) is 47.4 Å². The maximum absolute atomic E-state index is 12.2. The van der Waals surface area contributed by atoms with Crippen molar-refractivity contribution in [1.82, 2.24) is 20.2 Å². The molecule has 0 atom stereocenters. The van der Waals surface area contributed by atoms with Crippen molar-refractivity contribution >= 4 is 11.6 Å². The van der Waals surface area contributed by atoms with Crippen LogP contribution in [0.2, 0.25) is 0 Å². The molecule has 6 nitrogen and oxygen atoms in total. The van der Waals surface area contributed by atoms with Crippen LogP contribution in [-0.2, 0) is 11.2 Å². The maximum atomic E-state index is 12.2. The molecule has 4 rings (SSSR count). The highest BCUT2D eigenvalue weighted by atomic mass is 16.1. The average Bonchev–Trinajstić information content (AvgIpc) is 3.37. The van der Waals surface area contributed by atoms with Crippen molar-refractivity contribution in [3.05, 3.63) is 60.2 Å². The van der Waals surface area contributed by atoms with E-state index >= 15 is 0 Å². The first-order chi connectivity index (χ1) is 12.3. The molecule has 126 valence electrons. The Morgan fingerprint density at radius 3 is 2.76 bits per heavy atom. The molecule has 1 aliphatic rings. The zero-order valence-corrected chi connectivity index (χ0v) is 13.8. The fourth-order valence-electron chi connectivity index (χ4n) is 2.81. The number of aromatic nitrogens is 4. The summed E-state index contributed by atoms with van der Waals surface area (Å²) in [6.07, 6.45) is 3.42. The van der Waals surface area contributed by atoms with Gasteiger partial charge in [-0.25, -0.2) is 4.68 Å². The van der Waals surface area contributed by atoms with E-state index < -0.39 is 0 Å². The first kappa shape index (κ1) is 15.5. The van der Waals surface area contributed by atoms with Gasteiger partial charge in [-0.15, -0.1) is 5.10 Å². The monoisotopic (exact) mass is 333 g/mol. The zero-order chi connectivity index (χ0) is 17.1. The normalized spacial score (nSPS) is 13.6. The largest absolute Gasteiger partial charge is 0.326 e. The fourth-order valence-corrected chi connectivity index (χ4v) is 2.81. The van der Waals surface area contributed by atoms with Crippen LogP contribution in [0.25, 0.3) is 11.4 Å². The summed E-state index contributed by atoms with van der Waals surface area (Å²) >= 11 is 0. The molecular weight excluding hydrogens is 314 g/mol. The third-order valence-corrected chi connectivity index (χ3v) is 4.27. The third-order valence-electron chi connectivity index (χ3n) is 4.27. The first-order valence-corrected chi connectivity index (χ1v) is 8.52. The molecule has 0 bridgehead atoms. The minimum atomic E-state index is 0.00258. The number of carbonyl (C=O) groups is 1. The van der Waals surface area contributed by atoms with E-state index in [4.69, 9.17) is 0 Å². The molecule has 3 aromatic rings. The lowest BCUT2D eigenvalue weighted by Gasteiger charge is -2.08. The van der Waals surface area contributed by atoms with Gasteiger partial charge in [-0.2, -0.15) is 0 Å². The van der Waals surface area contributed by atoms with E-state index in [-0.39, 0.29) is 5.91 Å². The van der Waals surface area contributed by atoms with Gasteiger partial charge in [0.1, 0.15) is 0 Å². The number of rotatable bonds is 6. The second-order valence-corrected chi connectivity index (χ2v) is 6.29. The molecule has 1 saturated carbocycles. The van der Waals surface area contributed by atoms with Crippen molar-refractivity contribution in [2.45, 2.75) is 31.7 Å². The van der Waals surface area contributed by atoms with Crippen LogP contribution in [0.3, 0.4) is 0 Å². The van der Waals surface area contributed by atoms with Gasteiger partial charge in [0.05, 0.1) is 6.04 Å². The Hall–Kier alpha value is -3.02. The van der Waals surface area contributed by atoms with E-state index in [0.29, 0.717) is 12.5 Å². The quantitative estimate of drug-likeness (QED) is 0.751. The van der Waals surface area contributed by atoms with Gasteiger partial charge < -0.3 is 5.32 Å². The van der Waals surface area contributed by atoms with Crippen LogP contribution >= 0.6 is 0 Å². The lowest BCUT2D eigenvalue weighted by Crippen LogP contribution is -2.12. The van der Waals surface area contributed by atoms with Gasteiger partial charge in [0.2, 0.25) is 5.91 Å². The molecule has 1 N–H and O–H groups in total. The van der Waals surface area contributed by atoms with E-state index in [2.05, 4.69) is 20.8 Å². The Morgan fingerprint density at radius 2 is 1.96 bits per heavy atom. The Morgan fingerprint density at radius 1 is 1.12 bits per heavy atom. The number of hydrogen-bond acceptors (Lipinski definition) is 4. The third kappa shape index (κ3) is 3.74. The molecular formula is C19H19N5O. The Bertz CT molecular complexity index is 870. The van der Waals surface area contributed by atoms with E-state index in [9.17, 15) is 4.79 Å². The molecule has 0 saturated heterocycles. The van der Waals surface area contributed by atoms with Gasteiger partial charge >= 0.3 is 0 Å². The highest BCUT2D eigenvalue weighted by Crippen LogP contribution is 2.36. The van der Waals surface area contributed by atoms with Crippen LogP contribution in [0.4, 0.5) is 5.69 Å². The molecule has 0 unspecified atom stereocenters. The molecule has 25 heavy (non-hydrogen) atoms. The first-order valence-electron chi connectivity index (χ1n) is 8.52. The summed E-state index contributed by atoms with van der Waals surface area (Å²) in [4.78, 5) is 12.2. The van der Waals surface area contributed by atoms with Crippen molar-refractivity contribution in [3.8, 4) is 11.4 Å². The van der Waals surface area contributed by atoms with E-state index in [1.54, 1.807) is 0 Å². The highest BCUT2D eigenvalue weighted by Gasteiger charge is 2.28. The molecule has 6 heteroatoms. The number of benzene rings is 2. The molecule has 0 radical (unpaired) electrons. The summed E-state index contributed by atoms with van der Waals surface area (Å²) in [5, 5.41) is 15.0. The van der Waals surface area contributed by atoms with E-state index in [1.165, 1.54) is 0 Å². The predicted molar refractivity (Wildman–Crippen MR) is 94.9 cm³/mol. The van der Waals surface area contributed by atoms with Gasteiger partial charge in [0.15, 0.2) is 5.82 Å². The van der Waals surface area contributed by atoms with Crippen LogP contribution in [0.5, 0.6) is 0 Å². The minimum Gasteiger partial charge on any atom is -0.326 e. The van der Waals surface area contributed by atoms with Gasteiger partial charge in [-0.3, -0.25) is 4.79 Å². The SMILES string of the molecule is O=C(CCc1ccccc1)Nc1cccc(-c2nnnn2C2CC2)c1. The predicted octanol–water partition coefficient (Wildman–Crippen LogP) is 3.25. The van der Waals surface area contributed by atoms with Crippen LogP contribution in [-0.4, -0.2) is 26.1 Å². The minimum absolute atomic E-state index is 0.00258. The topological polar surface area (TPSA) is 72.7 Å². The molecule has 2 aromatic carbocycles. The summed E-state index contributed by atoms with van der Waals surface area (Å²) in [6, 6.07) is 18.1. The number of aryl methyl sites for hydroxylation is 1. The molecule has 1 heterocycles. The summed E-state index contributed by atoms with van der Waals surface area (Å²) in [5.74, 6) is 0.755. The summed E-state index contributed by atoms with van der Waals surface area (Å²) in [6.45, 7) is 0. The standard InChI is InChI=1S/C19H19N5O/c25-18(12-9-14-5-2-1-3-6-14)20-16-8-4-7-15(13-16)19-21-22-23-24(19)17-10-11-17/h1-8,13,17H,9-12H2,(H,20,25). The average molecular weight is 333 g/mol. The van der Waals surface area contributed by atoms with Crippen molar-refractivity contribution in [1.29, 1.82) is 0 Å². The highest BCUT2D eigenvalue weighted by molar-refractivity contribution is 5.91. The smallest absolute Gasteiger partial charge is 0.224 e. The summed E-state index contributed by atoms with van der Waals surface area (Å²) in [7, 11) is 0. The number of carbonyl (C=O) groups excluding carboxylic acids is 1. The van der Waals surface area contributed by atoms with Crippen molar-refractivity contribution < 1.29 is 4.79 Å². The summed E-state index contributed by atoms with van der Waals surface area (Å²) < 4.78 is 1.87. The molecule has 1 amide bonds. The van der Waals surface area contributed by atoms with Crippen molar-refractivity contribution in [2.75, 3.05) is 5.32 Å². The van der Waals surface area contributed by atoms with Crippen LogP contribution in [0.15, 0.2) is 54.6 Å².